The van der Waals surface area contributed by atoms with Crippen molar-refractivity contribution in [2.45, 2.75) is 32.2 Å². The van der Waals surface area contributed by atoms with Crippen molar-refractivity contribution in [3.63, 3.8) is 0 Å². The first-order chi connectivity index (χ1) is 11.2. The summed E-state index contributed by atoms with van der Waals surface area (Å²) in [6.07, 6.45) is 4.82. The number of rotatable bonds is 4. The number of hydrogen-bond donors (Lipinski definition) is 2. The Kier molecular flexibility index (Phi) is 3.11. The van der Waals surface area contributed by atoms with Crippen LogP contribution in [0.15, 0.2) is 24.4 Å². The maximum Gasteiger partial charge on any atom is 0.335 e. The second-order valence-electron chi connectivity index (χ2n) is 5.82. The van der Waals surface area contributed by atoms with Crippen LogP contribution in [0.3, 0.4) is 0 Å². The number of carboxylic acid groups (broad SMARTS) is 1. The Balaban J connectivity index is 2.01. The molecule has 0 bridgehead atoms. The van der Waals surface area contributed by atoms with Gasteiger partial charge in [0.05, 0.1) is 11.1 Å². The van der Waals surface area contributed by atoms with Crippen molar-refractivity contribution in [2.24, 2.45) is 0 Å². The van der Waals surface area contributed by atoms with Crippen molar-refractivity contribution in [2.75, 3.05) is 5.32 Å². The van der Waals surface area contributed by atoms with Crippen molar-refractivity contribution in [1.29, 1.82) is 0 Å². The summed E-state index contributed by atoms with van der Waals surface area (Å²) >= 11 is 0. The lowest BCUT2D eigenvalue weighted by atomic mass is 10.1. The third kappa shape index (κ3) is 2.46. The number of carboxylic acids is 1. The molecule has 0 atom stereocenters. The molecule has 2 aromatic heterocycles. The first-order valence-electron chi connectivity index (χ1n) is 7.75. The van der Waals surface area contributed by atoms with E-state index in [1.54, 1.807) is 18.2 Å². The van der Waals surface area contributed by atoms with E-state index in [1.165, 1.54) is 0 Å². The summed E-state index contributed by atoms with van der Waals surface area (Å²) in [6, 6.07) is 5.41. The summed E-state index contributed by atoms with van der Waals surface area (Å²) in [4.78, 5) is 24.8. The van der Waals surface area contributed by atoms with E-state index in [2.05, 4.69) is 20.3 Å². The second kappa shape index (κ2) is 5.15. The van der Waals surface area contributed by atoms with Gasteiger partial charge < -0.3 is 10.4 Å². The summed E-state index contributed by atoms with van der Waals surface area (Å²) in [5.41, 5.74) is 1.68. The predicted molar refractivity (Wildman–Crippen MR) is 87.8 cm³/mol. The van der Waals surface area contributed by atoms with Gasteiger partial charge in [-0.3, -0.25) is 0 Å². The zero-order valence-corrected chi connectivity index (χ0v) is 12.7. The minimum Gasteiger partial charge on any atom is -0.478 e. The van der Waals surface area contributed by atoms with Gasteiger partial charge in [0.2, 0.25) is 0 Å². The quantitative estimate of drug-likeness (QED) is 0.720. The summed E-state index contributed by atoms with van der Waals surface area (Å²) in [5.74, 6) is 0.539. The van der Waals surface area contributed by atoms with Crippen molar-refractivity contribution < 1.29 is 9.90 Å². The van der Waals surface area contributed by atoms with Gasteiger partial charge in [-0.25, -0.2) is 19.7 Å². The van der Waals surface area contributed by atoms with E-state index in [9.17, 15) is 9.90 Å². The molecule has 6 nitrogen and oxygen atoms in total. The van der Waals surface area contributed by atoms with Crippen LogP contribution in [0.4, 0.5) is 5.82 Å². The molecule has 1 fully saturated rings. The average molecular weight is 308 g/mol. The minimum absolute atomic E-state index is 0.229. The van der Waals surface area contributed by atoms with E-state index in [1.807, 2.05) is 13.1 Å². The normalized spacial score (nSPS) is 14.3. The van der Waals surface area contributed by atoms with E-state index < -0.39 is 5.97 Å². The number of aromatic nitrogens is 3. The number of benzene rings is 1. The Hall–Kier alpha value is -2.76. The van der Waals surface area contributed by atoms with Crippen LogP contribution in [0.5, 0.6) is 0 Å². The number of fused-ring (bicyclic) bond motifs is 3. The number of hydrogen-bond acceptors (Lipinski definition) is 5. The Bertz CT molecular complexity index is 935. The lowest BCUT2D eigenvalue weighted by Gasteiger charge is -2.11. The largest absolute Gasteiger partial charge is 0.478 e. The molecule has 3 aromatic rings. The second-order valence-corrected chi connectivity index (χ2v) is 5.82. The number of anilines is 1. The van der Waals surface area contributed by atoms with Crippen LogP contribution < -0.4 is 5.32 Å². The lowest BCUT2D eigenvalue weighted by molar-refractivity contribution is 0.0697. The van der Waals surface area contributed by atoms with Gasteiger partial charge in [-0.2, -0.15) is 0 Å². The molecule has 0 spiro atoms. The standard InChI is InChI=1S/C17H16N4O2/c1-2-14-18-8-12-11-6-3-9(17(22)23)7-13(11)20-16(15(12)21-14)19-10-4-5-10/h3,6-8,10H,2,4-5H2,1H3,(H,19,20)(H,22,23). The molecule has 0 unspecified atom stereocenters. The molecule has 4 rings (SSSR count). The van der Waals surface area contributed by atoms with Gasteiger partial charge >= 0.3 is 5.97 Å². The Morgan fingerprint density at radius 3 is 2.83 bits per heavy atom. The van der Waals surface area contributed by atoms with Crippen LogP contribution in [0.25, 0.3) is 21.8 Å². The SMILES string of the molecule is CCc1ncc2c(n1)c(NC1CC1)nc1cc(C(=O)O)ccc12. The van der Waals surface area contributed by atoms with Crippen molar-refractivity contribution in [3.05, 3.63) is 35.8 Å². The van der Waals surface area contributed by atoms with E-state index in [0.29, 0.717) is 11.6 Å². The number of aromatic carboxylic acids is 1. The molecule has 0 radical (unpaired) electrons. The third-order valence-corrected chi connectivity index (χ3v) is 4.06. The first kappa shape index (κ1) is 13.9. The van der Waals surface area contributed by atoms with E-state index in [-0.39, 0.29) is 5.56 Å². The fraction of sp³-hybridized carbons (Fsp3) is 0.294. The van der Waals surface area contributed by atoms with Gasteiger partial charge in [0.1, 0.15) is 11.3 Å². The van der Waals surface area contributed by atoms with Gasteiger partial charge in [-0.1, -0.05) is 13.0 Å². The molecule has 1 aliphatic carbocycles. The summed E-state index contributed by atoms with van der Waals surface area (Å²) in [7, 11) is 0. The van der Waals surface area contributed by atoms with Gasteiger partial charge in [-0.15, -0.1) is 0 Å². The van der Waals surface area contributed by atoms with Gasteiger partial charge in [0, 0.05) is 29.4 Å². The van der Waals surface area contributed by atoms with Crippen molar-refractivity contribution in [3.8, 4) is 0 Å². The predicted octanol–water partition coefficient (Wildman–Crippen LogP) is 3.01. The number of nitrogens with zero attached hydrogens (tertiary/aromatic N) is 3. The molecule has 0 saturated heterocycles. The highest BCUT2D eigenvalue weighted by molar-refractivity contribution is 6.09. The topological polar surface area (TPSA) is 88.0 Å². The minimum atomic E-state index is -0.955. The maximum atomic E-state index is 11.2. The molecule has 23 heavy (non-hydrogen) atoms. The van der Waals surface area contributed by atoms with Crippen molar-refractivity contribution in [1.82, 2.24) is 15.0 Å². The van der Waals surface area contributed by atoms with Crippen LogP contribution in [0, 0.1) is 0 Å². The lowest BCUT2D eigenvalue weighted by Crippen LogP contribution is -2.06. The molecule has 2 heterocycles. The van der Waals surface area contributed by atoms with Crippen LogP contribution in [-0.2, 0) is 6.42 Å². The summed E-state index contributed by atoms with van der Waals surface area (Å²) in [5, 5.41) is 14.3. The third-order valence-electron chi connectivity index (χ3n) is 4.06. The average Bonchev–Trinajstić information content (AvgIpc) is 3.38. The molecule has 1 aliphatic rings. The number of aryl methyl sites for hydroxylation is 1. The Morgan fingerprint density at radius 2 is 2.13 bits per heavy atom. The molecule has 1 aromatic carbocycles. The maximum absolute atomic E-state index is 11.2. The van der Waals surface area contributed by atoms with Gasteiger partial charge in [0.25, 0.3) is 0 Å². The van der Waals surface area contributed by atoms with Crippen LogP contribution in [0.1, 0.15) is 35.9 Å². The monoisotopic (exact) mass is 308 g/mol. The van der Waals surface area contributed by atoms with E-state index in [4.69, 9.17) is 0 Å². The molecular weight excluding hydrogens is 292 g/mol. The molecule has 0 amide bonds. The zero-order chi connectivity index (χ0) is 16.0. The first-order valence-corrected chi connectivity index (χ1v) is 7.75. The molecule has 0 aliphatic heterocycles. The summed E-state index contributed by atoms with van der Waals surface area (Å²) < 4.78 is 0. The van der Waals surface area contributed by atoms with Crippen LogP contribution >= 0.6 is 0 Å². The van der Waals surface area contributed by atoms with E-state index >= 15 is 0 Å². The smallest absolute Gasteiger partial charge is 0.335 e. The Morgan fingerprint density at radius 1 is 1.30 bits per heavy atom. The number of pyridine rings is 1. The fourth-order valence-electron chi connectivity index (χ4n) is 2.65. The molecular formula is C17H16N4O2. The number of carbonyl (C=O) groups is 1. The molecule has 1 saturated carbocycles. The fourth-order valence-corrected chi connectivity index (χ4v) is 2.65. The van der Waals surface area contributed by atoms with Crippen LogP contribution in [-0.4, -0.2) is 32.1 Å². The number of nitrogens with one attached hydrogen (secondary N) is 1. The highest BCUT2D eigenvalue weighted by atomic mass is 16.4. The van der Waals surface area contributed by atoms with E-state index in [0.717, 1.165) is 47.2 Å². The highest BCUT2D eigenvalue weighted by Gasteiger charge is 2.23. The Labute approximate surface area is 132 Å². The van der Waals surface area contributed by atoms with Gasteiger partial charge in [-0.05, 0) is 25.0 Å². The van der Waals surface area contributed by atoms with Crippen molar-refractivity contribution >= 4 is 33.6 Å². The molecule has 6 heteroatoms. The molecule has 2 N–H and O–H groups in total. The zero-order valence-electron chi connectivity index (χ0n) is 12.7. The van der Waals surface area contributed by atoms with Gasteiger partial charge in [0.15, 0.2) is 5.82 Å². The van der Waals surface area contributed by atoms with Crippen LogP contribution in [0.2, 0.25) is 0 Å². The highest BCUT2D eigenvalue weighted by Crippen LogP contribution is 2.31. The summed E-state index contributed by atoms with van der Waals surface area (Å²) in [6.45, 7) is 2.02. The molecule has 116 valence electrons.